The van der Waals surface area contributed by atoms with Gasteiger partial charge in [0.1, 0.15) is 0 Å². The zero-order valence-corrected chi connectivity index (χ0v) is 17.5. The van der Waals surface area contributed by atoms with Crippen LogP contribution in [-0.2, 0) is 16.0 Å². The van der Waals surface area contributed by atoms with Gasteiger partial charge in [0.05, 0.1) is 43.2 Å². The molecule has 0 saturated heterocycles. The Morgan fingerprint density at radius 3 is 2.53 bits per heavy atom. The number of esters is 1. The molecule has 0 aliphatic carbocycles. The highest BCUT2D eigenvalue weighted by Gasteiger charge is 2.12. The second-order valence-electron chi connectivity index (χ2n) is 6.85. The van der Waals surface area contributed by atoms with E-state index in [4.69, 9.17) is 4.74 Å². The van der Waals surface area contributed by atoms with Crippen molar-refractivity contribution in [2.75, 3.05) is 13.2 Å². The summed E-state index contributed by atoms with van der Waals surface area (Å²) in [6, 6.07) is 12.9. The fraction of sp³-hybridized carbons (Fsp3) is 0.227. The number of aryl methyl sites for hydroxylation is 2. The molecule has 152 valence electrons. The number of para-hydroxylation sites is 1. The first kappa shape index (κ1) is 19.9. The van der Waals surface area contributed by atoms with Crippen LogP contribution in [0.2, 0.25) is 0 Å². The van der Waals surface area contributed by atoms with Gasteiger partial charge in [-0.15, -0.1) is 11.3 Å². The Bertz CT molecular complexity index is 1220. The molecule has 4 rings (SSSR count). The van der Waals surface area contributed by atoms with Gasteiger partial charge < -0.3 is 10.1 Å². The summed E-state index contributed by atoms with van der Waals surface area (Å²) in [6.07, 6.45) is 0.626. The van der Waals surface area contributed by atoms with E-state index < -0.39 is 5.97 Å². The van der Waals surface area contributed by atoms with Crippen molar-refractivity contribution in [1.29, 1.82) is 0 Å². The third kappa shape index (κ3) is 4.44. The molecule has 0 bridgehead atoms. The van der Waals surface area contributed by atoms with Crippen molar-refractivity contribution in [3.8, 4) is 0 Å². The van der Waals surface area contributed by atoms with E-state index in [1.54, 1.807) is 29.5 Å². The fourth-order valence-corrected chi connectivity index (χ4v) is 3.93. The van der Waals surface area contributed by atoms with Gasteiger partial charge in [-0.3, -0.25) is 4.79 Å². The molecule has 0 radical (unpaired) electrons. The first-order valence-corrected chi connectivity index (χ1v) is 10.3. The summed E-state index contributed by atoms with van der Waals surface area (Å²) in [7, 11) is 0. The van der Waals surface area contributed by atoms with Crippen LogP contribution < -0.4 is 5.32 Å². The Morgan fingerprint density at radius 1 is 0.967 bits per heavy atom. The topological polar surface area (TPSA) is 94.1 Å². The number of nitrogens with one attached hydrogen (secondary N) is 1. The number of nitrogens with zero attached hydrogens (tertiary/aromatic N) is 3. The van der Waals surface area contributed by atoms with Gasteiger partial charge in [0.25, 0.3) is 5.91 Å². The van der Waals surface area contributed by atoms with Crippen LogP contribution in [0.25, 0.3) is 21.3 Å². The van der Waals surface area contributed by atoms with Crippen LogP contribution in [-0.4, -0.2) is 40.0 Å². The molecule has 0 aliphatic heterocycles. The highest BCUT2D eigenvalue weighted by atomic mass is 32.1. The van der Waals surface area contributed by atoms with Crippen molar-refractivity contribution < 1.29 is 14.3 Å². The first-order valence-electron chi connectivity index (χ1n) is 9.53. The molecule has 1 N–H and O–H groups in total. The van der Waals surface area contributed by atoms with Gasteiger partial charge in [0.2, 0.25) is 0 Å². The number of carbonyl (C=O) groups excluding carboxylic acids is 2. The summed E-state index contributed by atoms with van der Waals surface area (Å²) < 4.78 is 6.25. The number of ether oxygens (including phenoxy) is 1. The largest absolute Gasteiger partial charge is 0.452 e. The van der Waals surface area contributed by atoms with Crippen LogP contribution >= 0.6 is 11.3 Å². The average molecular weight is 420 g/mol. The average Bonchev–Trinajstić information content (AvgIpc) is 3.15. The van der Waals surface area contributed by atoms with Gasteiger partial charge in [0, 0.05) is 13.0 Å². The number of amides is 1. The Morgan fingerprint density at radius 2 is 1.73 bits per heavy atom. The summed E-state index contributed by atoms with van der Waals surface area (Å²) in [5.41, 5.74) is 4.28. The van der Waals surface area contributed by atoms with Crippen LogP contribution in [0.15, 0.2) is 42.5 Å². The van der Waals surface area contributed by atoms with Crippen molar-refractivity contribution >= 4 is 44.5 Å². The number of hydrogen-bond acceptors (Lipinski definition) is 7. The number of fused-ring (bicyclic) bond motifs is 2. The molecule has 1 amide bonds. The van der Waals surface area contributed by atoms with Crippen LogP contribution in [0.5, 0.6) is 0 Å². The molecule has 4 aromatic rings. The molecule has 0 aliphatic rings. The van der Waals surface area contributed by atoms with E-state index in [0.29, 0.717) is 29.6 Å². The summed E-state index contributed by atoms with van der Waals surface area (Å²) in [4.78, 5) is 37.7. The summed E-state index contributed by atoms with van der Waals surface area (Å²) >= 11 is 1.61. The summed E-state index contributed by atoms with van der Waals surface area (Å²) in [5, 5.41) is 3.71. The van der Waals surface area contributed by atoms with Crippen molar-refractivity contribution in [1.82, 2.24) is 20.3 Å². The van der Waals surface area contributed by atoms with E-state index in [9.17, 15) is 9.59 Å². The van der Waals surface area contributed by atoms with Gasteiger partial charge >= 0.3 is 5.97 Å². The van der Waals surface area contributed by atoms with E-state index in [1.807, 2.05) is 38.1 Å². The zero-order valence-electron chi connectivity index (χ0n) is 16.6. The molecule has 2 aromatic heterocycles. The number of rotatable bonds is 6. The van der Waals surface area contributed by atoms with Crippen molar-refractivity contribution in [3.63, 3.8) is 0 Å². The minimum Gasteiger partial charge on any atom is -0.452 e. The Hall–Kier alpha value is -3.39. The normalized spacial score (nSPS) is 11.0. The standard InChI is InChI=1S/C22H20N4O3S/c1-13-14(2)25-18-11-15(7-8-16(18)24-13)22(28)29-12-20(27)23-10-9-21-26-17-5-3-4-6-19(17)30-21/h3-8,11H,9-10,12H2,1-2H3,(H,23,27). The highest BCUT2D eigenvalue weighted by Crippen LogP contribution is 2.21. The Balaban J connectivity index is 1.28. The first-order chi connectivity index (χ1) is 14.5. The van der Waals surface area contributed by atoms with Gasteiger partial charge in [-0.1, -0.05) is 12.1 Å². The van der Waals surface area contributed by atoms with Gasteiger partial charge in [-0.2, -0.15) is 0 Å². The maximum Gasteiger partial charge on any atom is 0.338 e. The number of aromatic nitrogens is 3. The second-order valence-corrected chi connectivity index (χ2v) is 7.96. The Kier molecular flexibility index (Phi) is 5.67. The van der Waals surface area contributed by atoms with Gasteiger partial charge in [-0.05, 0) is 44.2 Å². The van der Waals surface area contributed by atoms with Crippen LogP contribution in [0.1, 0.15) is 26.8 Å². The number of benzene rings is 2. The maximum atomic E-state index is 12.3. The molecular weight excluding hydrogens is 400 g/mol. The van der Waals surface area contributed by atoms with Crippen LogP contribution in [0, 0.1) is 13.8 Å². The molecule has 0 fully saturated rings. The smallest absolute Gasteiger partial charge is 0.338 e. The monoisotopic (exact) mass is 420 g/mol. The lowest BCUT2D eigenvalue weighted by Crippen LogP contribution is -2.30. The SMILES string of the molecule is Cc1nc2ccc(C(=O)OCC(=O)NCCc3nc4ccccc4s3)cc2nc1C. The fourth-order valence-electron chi connectivity index (χ4n) is 2.96. The highest BCUT2D eigenvalue weighted by molar-refractivity contribution is 7.18. The van der Waals surface area contributed by atoms with Crippen LogP contribution in [0.3, 0.4) is 0 Å². The lowest BCUT2D eigenvalue weighted by molar-refractivity contribution is -0.124. The molecule has 2 heterocycles. The predicted molar refractivity (Wildman–Crippen MR) is 116 cm³/mol. The summed E-state index contributed by atoms with van der Waals surface area (Å²) in [5.74, 6) is -0.922. The third-order valence-electron chi connectivity index (χ3n) is 4.64. The van der Waals surface area contributed by atoms with E-state index in [2.05, 4.69) is 20.3 Å². The van der Waals surface area contributed by atoms with E-state index >= 15 is 0 Å². The van der Waals surface area contributed by atoms with Crippen LogP contribution in [0.4, 0.5) is 0 Å². The number of hydrogen-bond donors (Lipinski definition) is 1. The number of thiazole rings is 1. The second kappa shape index (κ2) is 8.54. The lowest BCUT2D eigenvalue weighted by atomic mass is 10.2. The number of carbonyl (C=O) groups is 2. The maximum absolute atomic E-state index is 12.3. The van der Waals surface area contributed by atoms with Crippen molar-refractivity contribution in [2.24, 2.45) is 0 Å². The summed E-state index contributed by atoms with van der Waals surface area (Å²) in [6.45, 7) is 3.85. The molecule has 0 unspecified atom stereocenters. The predicted octanol–water partition coefficient (Wildman–Crippen LogP) is 3.37. The Labute approximate surface area is 177 Å². The lowest BCUT2D eigenvalue weighted by Gasteiger charge is -2.07. The molecule has 0 spiro atoms. The minimum atomic E-state index is -0.571. The molecule has 0 saturated carbocycles. The van der Waals surface area contributed by atoms with Gasteiger partial charge in [-0.25, -0.2) is 19.7 Å². The molecule has 7 nitrogen and oxygen atoms in total. The molecule has 30 heavy (non-hydrogen) atoms. The molecular formula is C22H20N4O3S. The molecule has 2 aromatic carbocycles. The third-order valence-corrected chi connectivity index (χ3v) is 5.74. The minimum absolute atomic E-state index is 0.335. The van der Waals surface area contributed by atoms with E-state index in [-0.39, 0.29) is 12.5 Å². The van der Waals surface area contributed by atoms with Crippen molar-refractivity contribution in [3.05, 3.63) is 64.4 Å². The quantitative estimate of drug-likeness (QED) is 0.481. The zero-order chi connectivity index (χ0) is 21.1. The molecule has 8 heteroatoms. The van der Waals surface area contributed by atoms with E-state index in [1.165, 1.54) is 0 Å². The van der Waals surface area contributed by atoms with Crippen molar-refractivity contribution in [2.45, 2.75) is 20.3 Å². The van der Waals surface area contributed by atoms with Gasteiger partial charge in [0.15, 0.2) is 6.61 Å². The molecule has 0 atom stereocenters. The van der Waals surface area contributed by atoms with E-state index in [0.717, 1.165) is 26.6 Å².